The van der Waals surface area contributed by atoms with Crippen molar-refractivity contribution in [3.63, 3.8) is 0 Å². The minimum absolute atomic E-state index is 0.0695. The molecular formula is C24H26Cl2N2O2. The predicted octanol–water partition coefficient (Wildman–Crippen LogP) is 6.29. The number of likely N-dealkylation sites (tertiary alicyclic amines) is 1. The highest BCUT2D eigenvalue weighted by Crippen LogP contribution is 2.52. The number of anilines is 1. The highest BCUT2D eigenvalue weighted by molar-refractivity contribution is 6.37. The summed E-state index contributed by atoms with van der Waals surface area (Å²) in [5.41, 5.74) is 2.07. The number of carbonyl (C=O) groups excluding carboxylic acids is 2. The molecule has 1 heterocycles. The lowest BCUT2D eigenvalue weighted by molar-refractivity contribution is 0.0708. The molecule has 2 bridgehead atoms. The van der Waals surface area contributed by atoms with E-state index in [-0.39, 0.29) is 22.6 Å². The molecule has 2 atom stereocenters. The molecule has 0 radical (unpaired) electrons. The number of fused-ring (bicyclic) bond motifs is 2. The number of nitrogens with zero attached hydrogens (tertiary/aromatic N) is 1. The van der Waals surface area contributed by atoms with Gasteiger partial charge in [-0.15, -0.1) is 0 Å². The second-order valence-corrected chi connectivity index (χ2v) is 10.6. The van der Waals surface area contributed by atoms with Gasteiger partial charge in [0.25, 0.3) is 11.8 Å². The first kappa shape index (κ1) is 21.2. The second-order valence-electron chi connectivity index (χ2n) is 9.80. The average molecular weight is 445 g/mol. The molecule has 1 N–H and O–H groups in total. The molecule has 4 rings (SSSR count). The maximum atomic E-state index is 13.2. The lowest BCUT2D eigenvalue weighted by Crippen LogP contribution is -2.37. The molecule has 2 fully saturated rings. The monoisotopic (exact) mass is 444 g/mol. The van der Waals surface area contributed by atoms with E-state index >= 15 is 0 Å². The normalized spacial score (nSPS) is 24.6. The number of hydrogen-bond donors (Lipinski definition) is 1. The molecule has 30 heavy (non-hydrogen) atoms. The van der Waals surface area contributed by atoms with Crippen molar-refractivity contribution < 1.29 is 9.59 Å². The molecule has 1 saturated carbocycles. The fourth-order valence-electron chi connectivity index (χ4n) is 5.43. The van der Waals surface area contributed by atoms with Gasteiger partial charge in [0, 0.05) is 28.9 Å². The van der Waals surface area contributed by atoms with Crippen molar-refractivity contribution in [3.05, 3.63) is 63.6 Å². The van der Waals surface area contributed by atoms with Crippen molar-refractivity contribution in [3.8, 4) is 0 Å². The number of hydrogen-bond acceptors (Lipinski definition) is 2. The average Bonchev–Trinajstić information content (AvgIpc) is 2.90. The second kappa shape index (κ2) is 7.58. The first-order valence-corrected chi connectivity index (χ1v) is 11.0. The highest BCUT2D eigenvalue weighted by atomic mass is 35.5. The van der Waals surface area contributed by atoms with Crippen LogP contribution in [0.15, 0.2) is 42.5 Å². The molecule has 1 aliphatic heterocycles. The van der Waals surface area contributed by atoms with Gasteiger partial charge in [0.1, 0.15) is 0 Å². The van der Waals surface area contributed by atoms with E-state index in [2.05, 4.69) is 31.0 Å². The third kappa shape index (κ3) is 4.21. The predicted molar refractivity (Wildman–Crippen MR) is 121 cm³/mol. The van der Waals surface area contributed by atoms with Gasteiger partial charge in [0.05, 0.1) is 10.6 Å². The van der Waals surface area contributed by atoms with Gasteiger partial charge in [0.15, 0.2) is 0 Å². The van der Waals surface area contributed by atoms with Gasteiger partial charge in [-0.05, 0) is 72.6 Å². The Bertz CT molecular complexity index is 1000. The lowest BCUT2D eigenvalue weighted by atomic mass is 9.65. The smallest absolute Gasteiger partial charge is 0.257 e. The van der Waals surface area contributed by atoms with E-state index in [1.165, 1.54) is 6.07 Å². The minimum Gasteiger partial charge on any atom is -0.335 e. The van der Waals surface area contributed by atoms with Crippen LogP contribution in [0.5, 0.6) is 0 Å². The zero-order chi connectivity index (χ0) is 21.7. The zero-order valence-electron chi connectivity index (χ0n) is 17.5. The molecule has 6 heteroatoms. The first-order valence-electron chi connectivity index (χ1n) is 10.2. The Kier molecular flexibility index (Phi) is 5.36. The van der Waals surface area contributed by atoms with E-state index in [1.807, 2.05) is 0 Å². The third-order valence-corrected chi connectivity index (χ3v) is 6.79. The molecule has 0 spiro atoms. The standard InChI is InChI=1S/C24H26Cl2N2O2/c1-23(2)11-18-12-24(3,13-23)14-28(18)22(30)15-4-7-17(8-5-15)27-21(29)19-9-6-16(25)10-20(19)26/h4-10,18H,11-14H2,1-3H3,(H,27,29)/t18-,24-/m0/s1. The van der Waals surface area contributed by atoms with Crippen molar-refractivity contribution in [2.45, 2.75) is 46.1 Å². The van der Waals surface area contributed by atoms with Gasteiger partial charge in [-0.3, -0.25) is 9.59 Å². The number of amides is 2. The van der Waals surface area contributed by atoms with Crippen molar-refractivity contribution in [1.29, 1.82) is 0 Å². The number of rotatable bonds is 3. The van der Waals surface area contributed by atoms with Gasteiger partial charge in [-0.25, -0.2) is 0 Å². The van der Waals surface area contributed by atoms with Crippen LogP contribution in [0.2, 0.25) is 10.0 Å². The van der Waals surface area contributed by atoms with E-state index in [0.29, 0.717) is 32.9 Å². The Hall–Kier alpha value is -2.04. The summed E-state index contributed by atoms with van der Waals surface area (Å²) >= 11 is 12.0. The highest BCUT2D eigenvalue weighted by Gasteiger charge is 2.50. The molecule has 158 valence electrons. The van der Waals surface area contributed by atoms with Crippen LogP contribution < -0.4 is 5.32 Å². The Labute approximate surface area is 187 Å². The number of carbonyl (C=O) groups is 2. The lowest BCUT2D eigenvalue weighted by Gasteiger charge is -2.39. The maximum Gasteiger partial charge on any atom is 0.257 e. The summed E-state index contributed by atoms with van der Waals surface area (Å²) in [5, 5.41) is 3.59. The van der Waals surface area contributed by atoms with Gasteiger partial charge in [-0.1, -0.05) is 44.0 Å². The Morgan fingerprint density at radius 1 is 1.03 bits per heavy atom. The SMILES string of the molecule is CC1(C)C[C@H]2C[C@](C)(CN2C(=O)c2ccc(NC(=O)c3ccc(Cl)cc3Cl)cc2)C1. The minimum atomic E-state index is -0.320. The van der Waals surface area contributed by atoms with Crippen LogP contribution in [0, 0.1) is 10.8 Å². The van der Waals surface area contributed by atoms with E-state index in [0.717, 1.165) is 25.8 Å². The van der Waals surface area contributed by atoms with Crippen LogP contribution in [-0.4, -0.2) is 29.3 Å². The molecule has 0 unspecified atom stereocenters. The van der Waals surface area contributed by atoms with Crippen LogP contribution in [0.4, 0.5) is 5.69 Å². The molecule has 2 amide bonds. The van der Waals surface area contributed by atoms with E-state index in [4.69, 9.17) is 23.2 Å². The first-order chi connectivity index (χ1) is 14.1. The Morgan fingerprint density at radius 3 is 2.40 bits per heavy atom. The van der Waals surface area contributed by atoms with Crippen molar-refractivity contribution >= 4 is 40.7 Å². The number of halogens is 2. The fraction of sp³-hybridized carbons (Fsp3) is 0.417. The summed E-state index contributed by atoms with van der Waals surface area (Å²) in [4.78, 5) is 27.7. The van der Waals surface area contributed by atoms with Crippen LogP contribution in [-0.2, 0) is 0 Å². The molecule has 2 aliphatic rings. The molecule has 2 aromatic carbocycles. The number of nitrogens with one attached hydrogen (secondary N) is 1. The quantitative estimate of drug-likeness (QED) is 0.604. The summed E-state index contributed by atoms with van der Waals surface area (Å²) < 4.78 is 0. The van der Waals surface area contributed by atoms with Gasteiger partial charge in [-0.2, -0.15) is 0 Å². The van der Waals surface area contributed by atoms with Crippen LogP contribution in [0.3, 0.4) is 0 Å². The van der Waals surface area contributed by atoms with E-state index in [1.54, 1.807) is 36.4 Å². The third-order valence-electron chi connectivity index (χ3n) is 6.24. The topological polar surface area (TPSA) is 49.4 Å². The summed E-state index contributed by atoms with van der Waals surface area (Å²) in [6, 6.07) is 12.1. The van der Waals surface area contributed by atoms with Crippen LogP contribution >= 0.6 is 23.2 Å². The Morgan fingerprint density at radius 2 is 1.73 bits per heavy atom. The largest absolute Gasteiger partial charge is 0.335 e. The van der Waals surface area contributed by atoms with Gasteiger partial charge >= 0.3 is 0 Å². The van der Waals surface area contributed by atoms with E-state index in [9.17, 15) is 9.59 Å². The molecule has 2 aromatic rings. The van der Waals surface area contributed by atoms with Crippen molar-refractivity contribution in [2.24, 2.45) is 10.8 Å². The van der Waals surface area contributed by atoms with Crippen molar-refractivity contribution in [2.75, 3.05) is 11.9 Å². The summed E-state index contributed by atoms with van der Waals surface area (Å²) in [7, 11) is 0. The van der Waals surface area contributed by atoms with Gasteiger partial charge < -0.3 is 10.2 Å². The zero-order valence-corrected chi connectivity index (χ0v) is 19.0. The molecule has 0 aromatic heterocycles. The van der Waals surface area contributed by atoms with Crippen molar-refractivity contribution in [1.82, 2.24) is 4.90 Å². The van der Waals surface area contributed by atoms with Crippen LogP contribution in [0.1, 0.15) is 60.7 Å². The number of benzene rings is 2. The van der Waals surface area contributed by atoms with E-state index < -0.39 is 0 Å². The molecular weight excluding hydrogens is 419 g/mol. The van der Waals surface area contributed by atoms with Crippen LogP contribution in [0.25, 0.3) is 0 Å². The Balaban J connectivity index is 1.46. The van der Waals surface area contributed by atoms with Gasteiger partial charge in [0.2, 0.25) is 0 Å². The molecule has 1 aliphatic carbocycles. The maximum absolute atomic E-state index is 13.2. The summed E-state index contributed by atoms with van der Waals surface area (Å²) in [5.74, 6) is -0.251. The summed E-state index contributed by atoms with van der Waals surface area (Å²) in [6.07, 6.45) is 3.28. The molecule has 1 saturated heterocycles. The molecule has 4 nitrogen and oxygen atoms in total. The summed E-state index contributed by atoms with van der Waals surface area (Å²) in [6.45, 7) is 7.72. The fourth-order valence-corrected chi connectivity index (χ4v) is 5.93.